The molecule has 2 saturated heterocycles. The zero-order valence-electron chi connectivity index (χ0n) is 10.5. The van der Waals surface area contributed by atoms with Crippen LogP contribution >= 0.6 is 0 Å². The third-order valence-corrected chi connectivity index (χ3v) is 2.69. The summed E-state index contributed by atoms with van der Waals surface area (Å²) in [6, 6.07) is 0. The maximum atomic E-state index is 10.6. The number of hydrogen-bond acceptors (Lipinski definition) is 3. The molecule has 2 rings (SSSR count). The number of fused-ring (bicyclic) bond motifs is 2. The number of hydrogen-bond donors (Lipinski definition) is 0. The molecule has 16 heavy (non-hydrogen) atoms. The van der Waals surface area contributed by atoms with E-state index in [0.717, 1.165) is 13.1 Å². The fraction of sp³-hybridized carbons (Fsp3) is 0.769. The second kappa shape index (κ2) is 6.67. The van der Waals surface area contributed by atoms with Crippen molar-refractivity contribution in [2.45, 2.75) is 45.8 Å². The molecule has 2 atom stereocenters. The Morgan fingerprint density at radius 3 is 2.38 bits per heavy atom. The first kappa shape index (κ1) is 13.2. The molecule has 3 nitrogen and oxygen atoms in total. The molecule has 0 N–H and O–H groups in total. The lowest BCUT2D eigenvalue weighted by atomic mass is 10.2. The third-order valence-electron chi connectivity index (χ3n) is 2.69. The lowest BCUT2D eigenvalue weighted by Crippen LogP contribution is -2.42. The Kier molecular flexibility index (Phi) is 5.51. The van der Waals surface area contributed by atoms with Gasteiger partial charge in [0.1, 0.15) is 0 Å². The molecular formula is C13H21NO2. The first-order chi connectivity index (χ1) is 7.74. The molecule has 0 aromatic carbocycles. The number of morpholine rings is 1. The molecule has 2 aliphatic heterocycles. The van der Waals surface area contributed by atoms with Gasteiger partial charge in [-0.1, -0.05) is 19.8 Å². The van der Waals surface area contributed by atoms with E-state index in [4.69, 9.17) is 4.74 Å². The normalized spacial score (nSPS) is 27.4. The molecule has 2 heterocycles. The molecule has 90 valence electrons. The minimum Gasteiger partial charge on any atom is -0.372 e. The fourth-order valence-corrected chi connectivity index (χ4v) is 2.10. The van der Waals surface area contributed by atoms with Gasteiger partial charge in [0, 0.05) is 20.0 Å². The van der Waals surface area contributed by atoms with E-state index in [1.807, 2.05) is 13.8 Å². The fourth-order valence-electron chi connectivity index (χ4n) is 2.10. The van der Waals surface area contributed by atoms with Crippen molar-refractivity contribution in [2.24, 2.45) is 0 Å². The maximum Gasteiger partial charge on any atom is 0.202 e. The standard InChI is InChI=1S/C11H15NO2.C2H6/c1-9(13)3-2-6-12-7-10-4-5-11(8-12)14-10;1-2/h10-11H,4-8H2,1H3;1-2H3. The lowest BCUT2D eigenvalue weighted by Gasteiger charge is -2.30. The molecule has 2 fully saturated rings. The average Bonchev–Trinajstić information content (AvgIpc) is 2.61. The topological polar surface area (TPSA) is 29.5 Å². The van der Waals surface area contributed by atoms with E-state index >= 15 is 0 Å². The van der Waals surface area contributed by atoms with Crippen LogP contribution in [-0.2, 0) is 9.53 Å². The van der Waals surface area contributed by atoms with Crippen molar-refractivity contribution < 1.29 is 9.53 Å². The van der Waals surface area contributed by atoms with Crippen molar-refractivity contribution in [3.63, 3.8) is 0 Å². The van der Waals surface area contributed by atoms with Gasteiger partial charge in [-0.05, 0) is 18.8 Å². The van der Waals surface area contributed by atoms with Crippen LogP contribution in [0.15, 0.2) is 0 Å². The molecule has 0 aromatic rings. The second-order valence-electron chi connectivity index (χ2n) is 4.01. The number of ether oxygens (including phenoxy) is 1. The molecule has 0 radical (unpaired) electrons. The van der Waals surface area contributed by atoms with E-state index in [9.17, 15) is 4.79 Å². The number of ketones is 1. The van der Waals surface area contributed by atoms with Crippen molar-refractivity contribution in [3.05, 3.63) is 0 Å². The number of Topliss-reactive ketones (excluding diaryl/α,β-unsaturated/α-hetero) is 1. The summed E-state index contributed by atoms with van der Waals surface area (Å²) in [6.45, 7) is 8.15. The summed E-state index contributed by atoms with van der Waals surface area (Å²) in [5.41, 5.74) is 0. The van der Waals surface area contributed by atoms with Gasteiger partial charge in [0.25, 0.3) is 0 Å². The Hall–Kier alpha value is -0.850. The zero-order chi connectivity index (χ0) is 12.0. The zero-order valence-corrected chi connectivity index (χ0v) is 10.5. The van der Waals surface area contributed by atoms with E-state index in [2.05, 4.69) is 16.7 Å². The number of carbonyl (C=O) groups excluding carboxylic acids is 1. The van der Waals surface area contributed by atoms with Gasteiger partial charge >= 0.3 is 0 Å². The van der Waals surface area contributed by atoms with Gasteiger partial charge in [0.2, 0.25) is 5.78 Å². The monoisotopic (exact) mass is 223 g/mol. The highest BCUT2D eigenvalue weighted by Crippen LogP contribution is 2.25. The van der Waals surface area contributed by atoms with Gasteiger partial charge in [-0.2, -0.15) is 0 Å². The Labute approximate surface area is 98.1 Å². The third kappa shape index (κ3) is 3.96. The summed E-state index contributed by atoms with van der Waals surface area (Å²) in [4.78, 5) is 12.9. The Morgan fingerprint density at radius 1 is 1.31 bits per heavy atom. The molecule has 0 aromatic heterocycles. The van der Waals surface area contributed by atoms with E-state index in [0.29, 0.717) is 18.8 Å². The lowest BCUT2D eigenvalue weighted by molar-refractivity contribution is -0.111. The Morgan fingerprint density at radius 2 is 1.88 bits per heavy atom. The number of likely N-dealkylation sites (tertiary alicyclic amines) is 1. The van der Waals surface area contributed by atoms with Crippen LogP contribution in [-0.4, -0.2) is 42.5 Å². The predicted octanol–water partition coefficient (Wildman–Crippen LogP) is 1.47. The molecule has 3 heteroatoms. The molecule has 2 unspecified atom stereocenters. The van der Waals surface area contributed by atoms with Gasteiger partial charge in [-0.25, -0.2) is 0 Å². The summed E-state index contributed by atoms with van der Waals surface area (Å²) >= 11 is 0. The van der Waals surface area contributed by atoms with Crippen molar-refractivity contribution in [1.29, 1.82) is 0 Å². The van der Waals surface area contributed by atoms with Gasteiger partial charge in [-0.15, -0.1) is 0 Å². The van der Waals surface area contributed by atoms with E-state index in [-0.39, 0.29) is 5.78 Å². The number of rotatable bonds is 1. The smallest absolute Gasteiger partial charge is 0.202 e. The van der Waals surface area contributed by atoms with Crippen molar-refractivity contribution in [3.8, 4) is 11.8 Å². The minimum absolute atomic E-state index is 0.0544. The van der Waals surface area contributed by atoms with Crippen molar-refractivity contribution in [2.75, 3.05) is 19.6 Å². The second-order valence-corrected chi connectivity index (χ2v) is 4.01. The van der Waals surface area contributed by atoms with Crippen LogP contribution in [0.1, 0.15) is 33.6 Å². The predicted molar refractivity (Wildman–Crippen MR) is 64.1 cm³/mol. The highest BCUT2D eigenvalue weighted by atomic mass is 16.5. The molecule has 0 spiro atoms. The molecule has 2 aliphatic rings. The van der Waals surface area contributed by atoms with Crippen molar-refractivity contribution in [1.82, 2.24) is 4.90 Å². The van der Waals surface area contributed by atoms with Crippen LogP contribution in [0.4, 0.5) is 0 Å². The molecule has 0 amide bonds. The van der Waals surface area contributed by atoms with E-state index < -0.39 is 0 Å². The summed E-state index contributed by atoms with van der Waals surface area (Å²) in [6.07, 6.45) is 3.18. The average molecular weight is 223 g/mol. The Bertz CT molecular complexity index is 278. The highest BCUT2D eigenvalue weighted by Gasteiger charge is 2.32. The van der Waals surface area contributed by atoms with Gasteiger partial charge in [0.15, 0.2) is 0 Å². The molecule has 0 aliphatic carbocycles. The van der Waals surface area contributed by atoms with Crippen LogP contribution in [0, 0.1) is 11.8 Å². The van der Waals surface area contributed by atoms with Gasteiger partial charge in [0.05, 0.1) is 18.8 Å². The number of nitrogens with zero attached hydrogens (tertiary/aromatic N) is 1. The van der Waals surface area contributed by atoms with Crippen LogP contribution in [0.3, 0.4) is 0 Å². The van der Waals surface area contributed by atoms with Gasteiger partial charge in [-0.3, -0.25) is 9.69 Å². The molecule has 0 saturated carbocycles. The SMILES string of the molecule is CC.CC(=O)C#CCN1CC2CCC(C1)O2. The number of carbonyl (C=O) groups is 1. The van der Waals surface area contributed by atoms with E-state index in [1.165, 1.54) is 19.8 Å². The summed E-state index contributed by atoms with van der Waals surface area (Å²) in [5, 5.41) is 0. The highest BCUT2D eigenvalue weighted by molar-refractivity contribution is 5.93. The van der Waals surface area contributed by atoms with Crippen LogP contribution < -0.4 is 0 Å². The Balaban J connectivity index is 0.000000606. The maximum absolute atomic E-state index is 10.6. The largest absolute Gasteiger partial charge is 0.372 e. The first-order valence-corrected chi connectivity index (χ1v) is 6.11. The van der Waals surface area contributed by atoms with E-state index in [1.54, 1.807) is 0 Å². The van der Waals surface area contributed by atoms with Crippen LogP contribution in [0.5, 0.6) is 0 Å². The summed E-state index contributed by atoms with van der Waals surface area (Å²) in [5.74, 6) is 5.41. The van der Waals surface area contributed by atoms with Gasteiger partial charge < -0.3 is 4.74 Å². The quantitative estimate of drug-likeness (QED) is 0.498. The van der Waals surface area contributed by atoms with Crippen LogP contribution in [0.2, 0.25) is 0 Å². The molecular weight excluding hydrogens is 202 g/mol. The van der Waals surface area contributed by atoms with Crippen molar-refractivity contribution >= 4 is 5.78 Å². The first-order valence-electron chi connectivity index (χ1n) is 6.11. The summed E-state index contributed by atoms with van der Waals surface area (Å²) in [7, 11) is 0. The summed E-state index contributed by atoms with van der Waals surface area (Å²) < 4.78 is 5.70. The minimum atomic E-state index is -0.0544. The van der Waals surface area contributed by atoms with Crippen LogP contribution in [0.25, 0.3) is 0 Å². The molecule has 2 bridgehead atoms.